The first kappa shape index (κ1) is 43.1. The third-order valence-corrected chi connectivity index (χ3v) is 8.65. The molecule has 2 N–H and O–H groups in total. The number of nitrogens with one attached hydrogen (secondary N) is 1. The smallest absolute Gasteiger partial charge is 0.322 e. The average molecular weight is 636 g/mol. The summed E-state index contributed by atoms with van der Waals surface area (Å²) in [6.07, 6.45) is 39.7. The largest absolute Gasteiger partial charge is 0.480 e. The summed E-state index contributed by atoms with van der Waals surface area (Å²) < 4.78 is 5.79. The number of carboxylic acid groups (broad SMARTS) is 1. The summed E-state index contributed by atoms with van der Waals surface area (Å²) in [6.45, 7) is 4.10. The minimum Gasteiger partial charge on any atom is -0.480 e. The maximum Gasteiger partial charge on any atom is 0.322 e. The lowest BCUT2D eigenvalue weighted by atomic mass is 10.0. The minimum absolute atomic E-state index is 0.0888. The fourth-order valence-electron chi connectivity index (χ4n) is 5.79. The standard InChI is InChI=1S/C39H73NO5/c1-3-5-7-8-9-10-11-12-13-14-15-16-17-18-19-20-21-22-23-24-30-34-39(44)45-36(31-27-6-4-2)32-28-25-26-29-33-37(41)40-35-38(42)43/h27,31,36H,3-26,28-30,32-35H2,1-2H3,(H,40,41)(H,42,43)/b31-27-. The molecular weight excluding hydrogens is 562 g/mol. The van der Waals surface area contributed by atoms with Gasteiger partial charge in [0.25, 0.3) is 0 Å². The van der Waals surface area contributed by atoms with Gasteiger partial charge in [-0.3, -0.25) is 14.4 Å². The van der Waals surface area contributed by atoms with Crippen molar-refractivity contribution in [1.29, 1.82) is 0 Å². The molecule has 0 aromatic heterocycles. The van der Waals surface area contributed by atoms with Crippen molar-refractivity contribution in [2.45, 2.75) is 213 Å². The van der Waals surface area contributed by atoms with Crippen LogP contribution in [0.4, 0.5) is 0 Å². The molecule has 0 radical (unpaired) electrons. The normalized spacial score (nSPS) is 12.0. The number of carbonyl (C=O) groups is 3. The van der Waals surface area contributed by atoms with Crippen molar-refractivity contribution in [2.24, 2.45) is 0 Å². The van der Waals surface area contributed by atoms with Crippen molar-refractivity contribution in [3.8, 4) is 0 Å². The molecule has 1 amide bonds. The van der Waals surface area contributed by atoms with Crippen molar-refractivity contribution >= 4 is 17.8 Å². The number of hydrogen-bond donors (Lipinski definition) is 2. The second kappa shape index (κ2) is 35.0. The summed E-state index contributed by atoms with van der Waals surface area (Å²) in [5, 5.41) is 11.0. The number of allylic oxidation sites excluding steroid dienone is 1. The van der Waals surface area contributed by atoms with Gasteiger partial charge >= 0.3 is 11.9 Å². The molecule has 0 bridgehead atoms. The maximum absolute atomic E-state index is 12.5. The van der Waals surface area contributed by atoms with Crippen molar-refractivity contribution in [3.05, 3.63) is 12.2 Å². The molecule has 0 aliphatic carbocycles. The Bertz CT molecular complexity index is 708. The number of aliphatic carboxylic acids is 1. The summed E-state index contributed by atoms with van der Waals surface area (Å²) in [4.78, 5) is 34.6. The number of ether oxygens (including phenoxy) is 1. The van der Waals surface area contributed by atoms with E-state index in [4.69, 9.17) is 9.84 Å². The fraction of sp³-hybridized carbons (Fsp3) is 0.872. The van der Waals surface area contributed by atoms with Crippen LogP contribution in [0.2, 0.25) is 0 Å². The highest BCUT2D eigenvalue weighted by molar-refractivity contribution is 5.80. The highest BCUT2D eigenvalue weighted by atomic mass is 16.5. The first-order chi connectivity index (χ1) is 22.0. The summed E-state index contributed by atoms with van der Waals surface area (Å²) in [5.41, 5.74) is 0. The summed E-state index contributed by atoms with van der Waals surface area (Å²) in [6, 6.07) is 0. The van der Waals surface area contributed by atoms with Crippen molar-refractivity contribution in [2.75, 3.05) is 6.54 Å². The molecule has 0 saturated heterocycles. The number of rotatable bonds is 35. The Kier molecular flexibility index (Phi) is 33.6. The lowest BCUT2D eigenvalue weighted by Gasteiger charge is -2.15. The zero-order valence-electron chi connectivity index (χ0n) is 29.7. The van der Waals surface area contributed by atoms with Crippen LogP contribution in [0.3, 0.4) is 0 Å². The molecule has 0 spiro atoms. The van der Waals surface area contributed by atoms with E-state index >= 15 is 0 Å². The van der Waals surface area contributed by atoms with Crippen LogP contribution in [-0.2, 0) is 19.1 Å². The third kappa shape index (κ3) is 34.9. The fourth-order valence-corrected chi connectivity index (χ4v) is 5.79. The first-order valence-electron chi connectivity index (χ1n) is 19.3. The number of carboxylic acids is 1. The lowest BCUT2D eigenvalue weighted by molar-refractivity contribution is -0.147. The van der Waals surface area contributed by atoms with Crippen LogP contribution in [0.1, 0.15) is 206 Å². The second-order valence-corrected chi connectivity index (χ2v) is 13.2. The number of carbonyl (C=O) groups excluding carboxylic acids is 2. The van der Waals surface area contributed by atoms with E-state index in [1.807, 2.05) is 6.08 Å². The lowest BCUT2D eigenvalue weighted by Crippen LogP contribution is -2.28. The van der Waals surface area contributed by atoms with Crippen LogP contribution >= 0.6 is 0 Å². The number of unbranched alkanes of at least 4 members (excludes halogenated alkanes) is 24. The molecule has 0 aromatic carbocycles. The molecule has 0 aromatic rings. The summed E-state index contributed by atoms with van der Waals surface area (Å²) in [7, 11) is 0. The van der Waals surface area contributed by atoms with Crippen LogP contribution < -0.4 is 5.32 Å². The third-order valence-electron chi connectivity index (χ3n) is 8.65. The Labute approximate surface area is 278 Å². The van der Waals surface area contributed by atoms with E-state index in [1.165, 1.54) is 122 Å². The SMILES string of the molecule is CCC/C=C\C(CCCCCCC(=O)NCC(=O)O)OC(=O)CCCCCCCCCCCCCCCCCCCCCCC. The number of amides is 1. The molecule has 45 heavy (non-hydrogen) atoms. The maximum atomic E-state index is 12.5. The van der Waals surface area contributed by atoms with E-state index in [-0.39, 0.29) is 24.5 Å². The predicted molar refractivity (Wildman–Crippen MR) is 190 cm³/mol. The van der Waals surface area contributed by atoms with Crippen LogP contribution in [-0.4, -0.2) is 35.6 Å². The Morgan fingerprint density at radius 3 is 1.44 bits per heavy atom. The Balaban J connectivity index is 3.67. The van der Waals surface area contributed by atoms with E-state index < -0.39 is 5.97 Å². The van der Waals surface area contributed by atoms with Gasteiger partial charge in [-0.1, -0.05) is 168 Å². The Morgan fingerprint density at radius 2 is 1.00 bits per heavy atom. The van der Waals surface area contributed by atoms with Crippen LogP contribution in [0.5, 0.6) is 0 Å². The van der Waals surface area contributed by atoms with Gasteiger partial charge in [-0.25, -0.2) is 0 Å². The van der Waals surface area contributed by atoms with Gasteiger partial charge in [-0.15, -0.1) is 0 Å². The molecule has 1 unspecified atom stereocenters. The van der Waals surface area contributed by atoms with E-state index in [1.54, 1.807) is 0 Å². The summed E-state index contributed by atoms with van der Waals surface area (Å²) in [5.74, 6) is -1.33. The molecule has 0 aliphatic heterocycles. The van der Waals surface area contributed by atoms with Crippen LogP contribution in [0, 0.1) is 0 Å². The van der Waals surface area contributed by atoms with E-state index in [2.05, 4.69) is 25.2 Å². The van der Waals surface area contributed by atoms with E-state index in [0.29, 0.717) is 12.8 Å². The predicted octanol–water partition coefficient (Wildman–Crippen LogP) is 11.4. The number of hydrogen-bond acceptors (Lipinski definition) is 4. The van der Waals surface area contributed by atoms with Gasteiger partial charge in [0, 0.05) is 12.8 Å². The molecule has 0 saturated carbocycles. The van der Waals surface area contributed by atoms with Gasteiger partial charge < -0.3 is 15.2 Å². The average Bonchev–Trinajstić information content (AvgIpc) is 3.02. The zero-order chi connectivity index (χ0) is 33.1. The molecule has 0 fully saturated rings. The molecule has 0 aliphatic rings. The monoisotopic (exact) mass is 636 g/mol. The molecule has 1 atom stereocenters. The number of esters is 1. The first-order valence-corrected chi connectivity index (χ1v) is 19.3. The molecule has 6 nitrogen and oxygen atoms in total. The molecule has 264 valence electrons. The highest BCUT2D eigenvalue weighted by Gasteiger charge is 2.12. The van der Waals surface area contributed by atoms with Gasteiger partial charge in [0.05, 0.1) is 0 Å². The zero-order valence-corrected chi connectivity index (χ0v) is 29.7. The van der Waals surface area contributed by atoms with Crippen LogP contribution in [0.15, 0.2) is 12.2 Å². The van der Waals surface area contributed by atoms with Gasteiger partial charge in [0.1, 0.15) is 12.6 Å². The second-order valence-electron chi connectivity index (χ2n) is 13.2. The van der Waals surface area contributed by atoms with Crippen LogP contribution in [0.25, 0.3) is 0 Å². The molecule has 0 rings (SSSR count). The topological polar surface area (TPSA) is 92.7 Å². The summed E-state index contributed by atoms with van der Waals surface area (Å²) >= 11 is 0. The Morgan fingerprint density at radius 1 is 0.578 bits per heavy atom. The van der Waals surface area contributed by atoms with E-state index in [0.717, 1.165) is 57.8 Å². The highest BCUT2D eigenvalue weighted by Crippen LogP contribution is 2.16. The van der Waals surface area contributed by atoms with E-state index in [9.17, 15) is 14.4 Å². The minimum atomic E-state index is -1.03. The van der Waals surface area contributed by atoms with Gasteiger partial charge in [-0.05, 0) is 38.2 Å². The molecule has 0 heterocycles. The Hall–Kier alpha value is -1.85. The molecular formula is C39H73NO5. The van der Waals surface area contributed by atoms with Crippen molar-refractivity contribution in [3.63, 3.8) is 0 Å². The van der Waals surface area contributed by atoms with Gasteiger partial charge in [-0.2, -0.15) is 0 Å². The van der Waals surface area contributed by atoms with Crippen molar-refractivity contribution < 1.29 is 24.2 Å². The van der Waals surface area contributed by atoms with Gasteiger partial charge in [0.2, 0.25) is 5.91 Å². The van der Waals surface area contributed by atoms with Crippen molar-refractivity contribution in [1.82, 2.24) is 5.32 Å². The quantitative estimate of drug-likeness (QED) is 0.0410. The van der Waals surface area contributed by atoms with Gasteiger partial charge in [0.15, 0.2) is 0 Å². The molecule has 6 heteroatoms.